The van der Waals surface area contributed by atoms with Crippen molar-refractivity contribution in [3.05, 3.63) is 65.2 Å². The molecule has 0 saturated carbocycles. The Kier molecular flexibility index (Phi) is 6.97. The van der Waals surface area contributed by atoms with E-state index in [0.717, 1.165) is 0 Å². The van der Waals surface area contributed by atoms with E-state index in [1.807, 2.05) is 32.0 Å². The second-order valence-corrected chi connectivity index (χ2v) is 7.51. The molecule has 1 aliphatic heterocycles. The van der Waals surface area contributed by atoms with Crippen molar-refractivity contribution in [1.82, 2.24) is 9.80 Å². The van der Waals surface area contributed by atoms with Crippen LogP contribution in [0.5, 0.6) is 11.5 Å². The number of methoxy groups -OCH3 is 1. The van der Waals surface area contributed by atoms with E-state index in [4.69, 9.17) is 9.47 Å². The third kappa shape index (κ3) is 4.56. The lowest BCUT2D eigenvalue weighted by atomic mass is 9.95. The summed E-state index contributed by atoms with van der Waals surface area (Å²) in [6.45, 7) is 3.26. The molecule has 2 aromatic carbocycles. The fraction of sp³-hybridized carbons (Fsp3) is 0.333. The van der Waals surface area contributed by atoms with Gasteiger partial charge in [0.15, 0.2) is 11.5 Å². The molecule has 0 bridgehead atoms. The summed E-state index contributed by atoms with van der Waals surface area (Å²) in [6.07, 6.45) is 0. The molecule has 1 unspecified atom stereocenters. The molecular formula is C24H28N2O5. The van der Waals surface area contributed by atoms with Gasteiger partial charge in [-0.2, -0.15) is 0 Å². The van der Waals surface area contributed by atoms with Crippen LogP contribution < -0.4 is 9.47 Å². The number of rotatable bonds is 8. The van der Waals surface area contributed by atoms with Gasteiger partial charge in [-0.25, -0.2) is 0 Å². The zero-order chi connectivity index (χ0) is 22.5. The van der Waals surface area contributed by atoms with E-state index in [-0.39, 0.29) is 11.3 Å². The normalized spacial score (nSPS) is 18.0. The molecule has 0 aliphatic carbocycles. The Morgan fingerprint density at radius 2 is 1.81 bits per heavy atom. The highest BCUT2D eigenvalue weighted by molar-refractivity contribution is 6.46. The van der Waals surface area contributed by atoms with Crippen molar-refractivity contribution in [3.63, 3.8) is 0 Å². The minimum absolute atomic E-state index is 0.0705. The van der Waals surface area contributed by atoms with Gasteiger partial charge in [-0.05, 0) is 38.7 Å². The molecule has 0 radical (unpaired) electrons. The molecule has 1 atom stereocenters. The smallest absolute Gasteiger partial charge is 0.295 e. The summed E-state index contributed by atoms with van der Waals surface area (Å²) in [5, 5.41) is 11.0. The molecule has 3 rings (SSSR count). The lowest BCUT2D eigenvalue weighted by molar-refractivity contribution is -0.140. The average molecular weight is 424 g/mol. The fourth-order valence-corrected chi connectivity index (χ4v) is 3.65. The van der Waals surface area contributed by atoms with Crippen molar-refractivity contribution in [2.24, 2.45) is 0 Å². The van der Waals surface area contributed by atoms with Crippen LogP contribution in [0.4, 0.5) is 0 Å². The zero-order valence-electron chi connectivity index (χ0n) is 18.3. The molecule has 1 saturated heterocycles. The van der Waals surface area contributed by atoms with Crippen molar-refractivity contribution in [2.75, 3.05) is 40.9 Å². The monoisotopic (exact) mass is 424 g/mol. The molecule has 1 N–H and O–H groups in total. The Morgan fingerprint density at radius 1 is 1.10 bits per heavy atom. The number of hydrogen-bond acceptors (Lipinski definition) is 6. The molecular weight excluding hydrogens is 396 g/mol. The van der Waals surface area contributed by atoms with Gasteiger partial charge in [-0.15, -0.1) is 0 Å². The maximum absolute atomic E-state index is 13.0. The van der Waals surface area contributed by atoms with Crippen LogP contribution in [-0.2, 0) is 9.59 Å². The molecule has 31 heavy (non-hydrogen) atoms. The number of ketones is 1. The lowest BCUT2D eigenvalue weighted by Gasteiger charge is -2.27. The minimum Gasteiger partial charge on any atom is -0.507 e. The molecule has 2 aromatic rings. The third-order valence-electron chi connectivity index (χ3n) is 5.18. The van der Waals surface area contributed by atoms with Crippen LogP contribution in [-0.4, -0.2) is 67.5 Å². The highest BCUT2D eigenvalue weighted by Crippen LogP contribution is 2.41. The Labute approximate surface area is 182 Å². The molecule has 7 heteroatoms. The van der Waals surface area contributed by atoms with Crippen LogP contribution in [0.3, 0.4) is 0 Å². The summed E-state index contributed by atoms with van der Waals surface area (Å²) in [5.74, 6) is -0.446. The van der Waals surface area contributed by atoms with Crippen molar-refractivity contribution in [1.29, 1.82) is 0 Å². The number of nitrogens with zero attached hydrogens (tertiary/aromatic N) is 2. The molecule has 1 amide bonds. The highest BCUT2D eigenvalue weighted by atomic mass is 16.5. The molecule has 7 nitrogen and oxygen atoms in total. The maximum atomic E-state index is 13.0. The number of ether oxygens (including phenoxy) is 2. The van der Waals surface area contributed by atoms with Gasteiger partial charge in [0, 0.05) is 18.7 Å². The van der Waals surface area contributed by atoms with Gasteiger partial charge in [0.05, 0.1) is 25.3 Å². The van der Waals surface area contributed by atoms with E-state index in [1.54, 1.807) is 42.5 Å². The SMILES string of the molecule is CCOc1ccc(C2/C(=C(\O)c3ccccc3)C(=O)C(=O)N2CCN(C)C)cc1OC. The van der Waals surface area contributed by atoms with Gasteiger partial charge >= 0.3 is 0 Å². The quantitative estimate of drug-likeness (QED) is 0.399. The second-order valence-electron chi connectivity index (χ2n) is 7.51. The molecule has 0 aromatic heterocycles. The van der Waals surface area contributed by atoms with Crippen molar-refractivity contribution in [2.45, 2.75) is 13.0 Å². The minimum atomic E-state index is -0.732. The maximum Gasteiger partial charge on any atom is 0.295 e. The summed E-state index contributed by atoms with van der Waals surface area (Å²) < 4.78 is 11.1. The van der Waals surface area contributed by atoms with E-state index < -0.39 is 17.7 Å². The first-order valence-corrected chi connectivity index (χ1v) is 10.2. The van der Waals surface area contributed by atoms with Crippen LogP contribution in [0.1, 0.15) is 24.1 Å². The number of Topliss-reactive ketones (excluding diaryl/α,β-unsaturated/α-hetero) is 1. The first-order valence-electron chi connectivity index (χ1n) is 10.2. The van der Waals surface area contributed by atoms with E-state index in [9.17, 15) is 14.7 Å². The summed E-state index contributed by atoms with van der Waals surface area (Å²) in [7, 11) is 5.33. The van der Waals surface area contributed by atoms with Crippen LogP contribution in [0, 0.1) is 0 Å². The molecule has 164 valence electrons. The number of aliphatic hydroxyl groups excluding tert-OH is 1. The topological polar surface area (TPSA) is 79.3 Å². The van der Waals surface area contributed by atoms with Gasteiger partial charge in [0.1, 0.15) is 5.76 Å². The number of aliphatic hydroxyl groups is 1. The second kappa shape index (κ2) is 9.66. The number of likely N-dealkylation sites (N-methyl/N-ethyl adjacent to an activating group) is 1. The molecule has 1 heterocycles. The summed E-state index contributed by atoms with van der Waals surface area (Å²) in [5.41, 5.74) is 1.22. The van der Waals surface area contributed by atoms with Gasteiger partial charge < -0.3 is 24.4 Å². The Balaban J connectivity index is 2.16. The van der Waals surface area contributed by atoms with Crippen LogP contribution >= 0.6 is 0 Å². The molecule has 1 aliphatic rings. The summed E-state index contributed by atoms with van der Waals surface area (Å²) in [4.78, 5) is 29.4. The lowest BCUT2D eigenvalue weighted by Crippen LogP contribution is -2.35. The van der Waals surface area contributed by atoms with Crippen LogP contribution in [0.2, 0.25) is 0 Å². The van der Waals surface area contributed by atoms with E-state index >= 15 is 0 Å². The fourth-order valence-electron chi connectivity index (χ4n) is 3.65. The number of amides is 1. The first kappa shape index (κ1) is 22.4. The Hall–Kier alpha value is -3.32. The van der Waals surface area contributed by atoms with Crippen molar-refractivity contribution < 1.29 is 24.2 Å². The predicted molar refractivity (Wildman–Crippen MR) is 118 cm³/mol. The van der Waals surface area contributed by atoms with Crippen molar-refractivity contribution in [3.8, 4) is 11.5 Å². The number of carbonyl (C=O) groups is 2. The first-order chi connectivity index (χ1) is 14.9. The Morgan fingerprint density at radius 3 is 2.42 bits per heavy atom. The van der Waals surface area contributed by atoms with Crippen LogP contribution in [0.25, 0.3) is 5.76 Å². The largest absolute Gasteiger partial charge is 0.507 e. The van der Waals surface area contributed by atoms with Crippen molar-refractivity contribution >= 4 is 17.4 Å². The van der Waals surface area contributed by atoms with E-state index in [1.165, 1.54) is 12.0 Å². The van der Waals surface area contributed by atoms with Gasteiger partial charge in [0.2, 0.25) is 0 Å². The Bertz CT molecular complexity index is 985. The molecule has 1 fully saturated rings. The number of carbonyl (C=O) groups excluding carboxylic acids is 2. The van der Waals surface area contributed by atoms with Gasteiger partial charge in [-0.1, -0.05) is 36.4 Å². The van der Waals surface area contributed by atoms with E-state index in [2.05, 4.69) is 0 Å². The third-order valence-corrected chi connectivity index (χ3v) is 5.18. The van der Waals surface area contributed by atoms with E-state index in [0.29, 0.717) is 42.3 Å². The van der Waals surface area contributed by atoms with Crippen LogP contribution in [0.15, 0.2) is 54.1 Å². The number of benzene rings is 2. The summed E-state index contributed by atoms with van der Waals surface area (Å²) in [6, 6.07) is 13.3. The predicted octanol–water partition coefficient (Wildman–Crippen LogP) is 3.08. The zero-order valence-corrected chi connectivity index (χ0v) is 18.3. The standard InChI is InChI=1S/C24H28N2O5/c1-5-31-18-12-11-17(15-19(18)30-4)21-20(22(27)16-9-7-6-8-10-16)23(28)24(29)26(21)14-13-25(2)3/h6-12,15,21,27H,5,13-14H2,1-4H3/b22-20+. The van der Waals surface area contributed by atoms with Gasteiger partial charge in [-0.3, -0.25) is 9.59 Å². The average Bonchev–Trinajstić information content (AvgIpc) is 3.03. The number of hydrogen-bond donors (Lipinski definition) is 1. The molecule has 0 spiro atoms. The summed E-state index contributed by atoms with van der Waals surface area (Å²) >= 11 is 0. The highest BCUT2D eigenvalue weighted by Gasteiger charge is 2.46. The number of likely N-dealkylation sites (tertiary alicyclic amines) is 1. The van der Waals surface area contributed by atoms with Gasteiger partial charge in [0.25, 0.3) is 11.7 Å².